The number of hydrogen-bond acceptors (Lipinski definition) is 4. The summed E-state index contributed by atoms with van der Waals surface area (Å²) in [6, 6.07) is 0. The summed E-state index contributed by atoms with van der Waals surface area (Å²) in [4.78, 5) is 0. The van der Waals surface area contributed by atoms with Crippen molar-refractivity contribution in [2.75, 3.05) is 0 Å². The SMILES string of the molecule is Cc1oncc1B1OC(C)(C)C(C)(C)O1. The highest BCUT2D eigenvalue weighted by Crippen LogP contribution is 2.36. The van der Waals surface area contributed by atoms with Gasteiger partial charge in [0.25, 0.3) is 0 Å². The predicted octanol–water partition coefficient (Wildman–Crippen LogP) is 1.28. The van der Waals surface area contributed by atoms with Gasteiger partial charge in [0.2, 0.25) is 0 Å². The summed E-state index contributed by atoms with van der Waals surface area (Å²) in [6.45, 7) is 9.95. The number of nitrogens with zero attached hydrogens (tertiary/aromatic N) is 1. The first-order chi connectivity index (χ1) is 6.83. The van der Waals surface area contributed by atoms with E-state index in [1.165, 1.54) is 0 Å². The minimum absolute atomic E-state index is 0.318. The molecule has 0 aliphatic carbocycles. The van der Waals surface area contributed by atoms with Crippen LogP contribution in [0.2, 0.25) is 0 Å². The molecule has 5 heteroatoms. The molecule has 2 rings (SSSR count). The number of hydrogen-bond donors (Lipinski definition) is 0. The molecule has 0 saturated carbocycles. The average molecular weight is 209 g/mol. The van der Waals surface area contributed by atoms with Crippen molar-refractivity contribution < 1.29 is 13.8 Å². The molecule has 2 heterocycles. The van der Waals surface area contributed by atoms with E-state index in [1.807, 2.05) is 34.6 Å². The topological polar surface area (TPSA) is 44.5 Å². The van der Waals surface area contributed by atoms with E-state index in [0.717, 1.165) is 11.2 Å². The fraction of sp³-hybridized carbons (Fsp3) is 0.700. The fourth-order valence-electron chi connectivity index (χ4n) is 1.50. The van der Waals surface area contributed by atoms with Gasteiger partial charge in [-0.15, -0.1) is 0 Å². The second-order valence-electron chi connectivity index (χ2n) is 4.93. The van der Waals surface area contributed by atoms with E-state index in [9.17, 15) is 0 Å². The Kier molecular flexibility index (Phi) is 2.21. The Hall–Kier alpha value is -0.805. The van der Waals surface area contributed by atoms with E-state index in [0.29, 0.717) is 0 Å². The van der Waals surface area contributed by atoms with Crippen molar-refractivity contribution in [3.8, 4) is 0 Å². The fourth-order valence-corrected chi connectivity index (χ4v) is 1.50. The van der Waals surface area contributed by atoms with Gasteiger partial charge in [-0.05, 0) is 34.6 Å². The smallest absolute Gasteiger partial charge is 0.399 e. The van der Waals surface area contributed by atoms with Crippen LogP contribution in [0.5, 0.6) is 0 Å². The molecule has 1 aliphatic rings. The van der Waals surface area contributed by atoms with Crippen LogP contribution in [0.3, 0.4) is 0 Å². The molecule has 82 valence electrons. The van der Waals surface area contributed by atoms with Crippen molar-refractivity contribution in [3.63, 3.8) is 0 Å². The van der Waals surface area contributed by atoms with Crippen LogP contribution >= 0.6 is 0 Å². The first-order valence-electron chi connectivity index (χ1n) is 5.10. The minimum Gasteiger partial charge on any atom is -0.399 e. The summed E-state index contributed by atoms with van der Waals surface area (Å²) in [6.07, 6.45) is 1.65. The van der Waals surface area contributed by atoms with E-state index >= 15 is 0 Å². The zero-order valence-corrected chi connectivity index (χ0v) is 9.83. The second-order valence-corrected chi connectivity index (χ2v) is 4.93. The third-order valence-electron chi connectivity index (χ3n) is 3.30. The van der Waals surface area contributed by atoms with E-state index < -0.39 is 0 Å². The van der Waals surface area contributed by atoms with Crippen LogP contribution in [-0.4, -0.2) is 23.5 Å². The summed E-state index contributed by atoms with van der Waals surface area (Å²) in [7, 11) is -0.374. The lowest BCUT2D eigenvalue weighted by molar-refractivity contribution is 0.00578. The quantitative estimate of drug-likeness (QED) is 0.653. The van der Waals surface area contributed by atoms with Crippen LogP contribution in [-0.2, 0) is 9.31 Å². The maximum Gasteiger partial charge on any atom is 0.500 e. The molecule has 0 amide bonds. The van der Waals surface area contributed by atoms with Crippen LogP contribution in [0, 0.1) is 6.92 Å². The van der Waals surface area contributed by atoms with Crippen molar-refractivity contribution in [2.24, 2.45) is 0 Å². The lowest BCUT2D eigenvalue weighted by atomic mass is 9.80. The van der Waals surface area contributed by atoms with Crippen molar-refractivity contribution >= 4 is 12.6 Å². The largest absolute Gasteiger partial charge is 0.500 e. The predicted molar refractivity (Wildman–Crippen MR) is 57.0 cm³/mol. The van der Waals surface area contributed by atoms with Crippen LogP contribution < -0.4 is 5.46 Å². The van der Waals surface area contributed by atoms with Crippen LogP contribution in [0.15, 0.2) is 10.7 Å². The highest BCUT2D eigenvalue weighted by molar-refractivity contribution is 6.62. The Morgan fingerprint density at radius 2 is 1.67 bits per heavy atom. The van der Waals surface area contributed by atoms with Crippen molar-refractivity contribution in [2.45, 2.75) is 45.8 Å². The first-order valence-corrected chi connectivity index (χ1v) is 5.10. The van der Waals surface area contributed by atoms with E-state index in [1.54, 1.807) is 6.20 Å². The molecule has 0 aromatic carbocycles. The van der Waals surface area contributed by atoms with Gasteiger partial charge < -0.3 is 13.8 Å². The molecule has 1 fully saturated rings. The number of aromatic nitrogens is 1. The monoisotopic (exact) mass is 209 g/mol. The molecule has 1 saturated heterocycles. The van der Waals surface area contributed by atoms with Gasteiger partial charge in [0.1, 0.15) is 5.76 Å². The number of aryl methyl sites for hydroxylation is 1. The maximum atomic E-state index is 5.87. The van der Waals surface area contributed by atoms with Crippen LogP contribution in [0.1, 0.15) is 33.5 Å². The van der Waals surface area contributed by atoms with Gasteiger partial charge in [-0.1, -0.05) is 5.16 Å². The first kappa shape index (κ1) is 10.7. The summed E-state index contributed by atoms with van der Waals surface area (Å²) < 4.78 is 16.7. The Morgan fingerprint density at radius 1 is 1.13 bits per heavy atom. The zero-order chi connectivity index (χ0) is 11.3. The summed E-state index contributed by atoms with van der Waals surface area (Å²) >= 11 is 0. The number of rotatable bonds is 1. The lowest BCUT2D eigenvalue weighted by Gasteiger charge is -2.32. The lowest BCUT2D eigenvalue weighted by Crippen LogP contribution is -2.41. The van der Waals surface area contributed by atoms with Crippen molar-refractivity contribution in [1.29, 1.82) is 0 Å². The average Bonchev–Trinajstić information content (AvgIpc) is 2.55. The van der Waals surface area contributed by atoms with Crippen LogP contribution in [0.4, 0.5) is 0 Å². The van der Waals surface area contributed by atoms with Crippen LogP contribution in [0.25, 0.3) is 0 Å². The Bertz CT molecular complexity index is 356. The molecular weight excluding hydrogens is 193 g/mol. The maximum absolute atomic E-state index is 5.87. The summed E-state index contributed by atoms with van der Waals surface area (Å²) in [5, 5.41) is 3.73. The molecule has 1 aliphatic heterocycles. The van der Waals surface area contributed by atoms with E-state index in [2.05, 4.69) is 5.16 Å². The Labute approximate surface area is 90.1 Å². The Morgan fingerprint density at radius 3 is 2.07 bits per heavy atom. The Balaban J connectivity index is 2.27. The van der Waals surface area contributed by atoms with Gasteiger partial charge in [-0.3, -0.25) is 0 Å². The highest BCUT2D eigenvalue weighted by atomic mass is 16.7. The van der Waals surface area contributed by atoms with Crippen molar-refractivity contribution in [1.82, 2.24) is 5.16 Å². The zero-order valence-electron chi connectivity index (χ0n) is 9.83. The molecule has 4 nitrogen and oxygen atoms in total. The standard InChI is InChI=1S/C10H16BNO3/c1-7-8(6-12-13-7)11-14-9(2,3)10(4,5)15-11/h6H,1-5H3. The van der Waals surface area contributed by atoms with Crippen molar-refractivity contribution in [3.05, 3.63) is 12.0 Å². The molecule has 0 spiro atoms. The highest BCUT2D eigenvalue weighted by Gasteiger charge is 2.52. The van der Waals surface area contributed by atoms with Gasteiger partial charge in [0, 0.05) is 5.46 Å². The molecule has 1 aromatic rings. The molecule has 15 heavy (non-hydrogen) atoms. The minimum atomic E-state index is -0.374. The third kappa shape index (κ3) is 1.60. The molecule has 0 unspecified atom stereocenters. The molecule has 0 N–H and O–H groups in total. The van der Waals surface area contributed by atoms with Gasteiger partial charge in [0.05, 0.1) is 17.4 Å². The van der Waals surface area contributed by atoms with E-state index in [4.69, 9.17) is 13.8 Å². The van der Waals surface area contributed by atoms with Gasteiger partial charge in [-0.2, -0.15) is 0 Å². The molecular formula is C10H16BNO3. The third-order valence-corrected chi connectivity index (χ3v) is 3.30. The molecule has 0 radical (unpaired) electrons. The normalized spacial score (nSPS) is 23.4. The van der Waals surface area contributed by atoms with E-state index in [-0.39, 0.29) is 18.3 Å². The molecule has 0 bridgehead atoms. The molecule has 1 aromatic heterocycles. The summed E-state index contributed by atoms with van der Waals surface area (Å²) in [5.41, 5.74) is 0.233. The second kappa shape index (κ2) is 3.09. The summed E-state index contributed by atoms with van der Waals surface area (Å²) in [5.74, 6) is 0.744. The molecule has 0 atom stereocenters. The van der Waals surface area contributed by atoms with Gasteiger partial charge in [-0.25, -0.2) is 0 Å². The van der Waals surface area contributed by atoms with Gasteiger partial charge in [0.15, 0.2) is 0 Å². The van der Waals surface area contributed by atoms with Gasteiger partial charge >= 0.3 is 7.12 Å².